The van der Waals surface area contributed by atoms with E-state index in [1.807, 2.05) is 24.4 Å². The second kappa shape index (κ2) is 3.41. The van der Waals surface area contributed by atoms with Gasteiger partial charge in [-0.2, -0.15) is 0 Å². The monoisotopic (exact) mass is 213 g/mol. The maximum atomic E-state index is 9.99. The van der Waals surface area contributed by atoms with Crippen molar-refractivity contribution in [3.63, 3.8) is 0 Å². The van der Waals surface area contributed by atoms with E-state index in [1.165, 1.54) is 0 Å². The quantitative estimate of drug-likeness (QED) is 0.614. The van der Waals surface area contributed by atoms with Crippen molar-refractivity contribution in [1.82, 2.24) is 10.3 Å². The first-order valence-electron chi connectivity index (χ1n) is 5.09. The van der Waals surface area contributed by atoms with Crippen molar-refractivity contribution in [3.8, 4) is 0 Å². The molecule has 0 spiro atoms. The fourth-order valence-electron chi connectivity index (χ4n) is 1.88. The van der Waals surface area contributed by atoms with E-state index in [2.05, 4.69) is 15.6 Å². The van der Waals surface area contributed by atoms with Crippen LogP contribution in [0.5, 0.6) is 0 Å². The van der Waals surface area contributed by atoms with E-state index in [0.717, 1.165) is 16.8 Å². The molecule has 0 amide bonds. The normalized spacial score (nSPS) is 21.6. The molecule has 1 atom stereocenters. The summed E-state index contributed by atoms with van der Waals surface area (Å²) < 4.78 is 0. The van der Waals surface area contributed by atoms with Crippen molar-refractivity contribution < 1.29 is 5.11 Å². The number of aliphatic hydroxyl groups excluding tert-OH is 1. The number of nitrogens with zero attached hydrogens (tertiary/aromatic N) is 1. The van der Waals surface area contributed by atoms with Crippen LogP contribution in [0.3, 0.4) is 0 Å². The lowest BCUT2D eigenvalue weighted by molar-refractivity contribution is 0.419. The second-order valence-electron chi connectivity index (χ2n) is 3.72. The molecule has 0 saturated carbocycles. The van der Waals surface area contributed by atoms with E-state index in [9.17, 15) is 5.11 Å². The molecular formula is C12H11N3O. The standard InChI is InChI=1S/C12H11N3O/c16-11-6-8-3-5-13-7-10(8)15-12-9(11)2-1-4-14-12/h1-7,12,14-16H. The number of hydrogen-bond acceptors (Lipinski definition) is 4. The highest BCUT2D eigenvalue weighted by Gasteiger charge is 2.22. The Kier molecular flexibility index (Phi) is 1.93. The van der Waals surface area contributed by atoms with Gasteiger partial charge in [-0.25, -0.2) is 0 Å². The van der Waals surface area contributed by atoms with Gasteiger partial charge >= 0.3 is 0 Å². The van der Waals surface area contributed by atoms with E-state index in [1.54, 1.807) is 18.5 Å². The molecule has 3 heterocycles. The Morgan fingerprint density at radius 3 is 3.25 bits per heavy atom. The molecule has 4 nitrogen and oxygen atoms in total. The van der Waals surface area contributed by atoms with Gasteiger partial charge in [0.1, 0.15) is 11.9 Å². The Balaban J connectivity index is 2.13. The van der Waals surface area contributed by atoms with Gasteiger partial charge < -0.3 is 15.7 Å². The molecule has 0 aromatic carbocycles. The third-order valence-electron chi connectivity index (χ3n) is 2.69. The molecule has 0 bridgehead atoms. The lowest BCUT2D eigenvalue weighted by Gasteiger charge is -2.23. The van der Waals surface area contributed by atoms with E-state index in [4.69, 9.17) is 0 Å². The van der Waals surface area contributed by atoms with Crippen LogP contribution in [0.25, 0.3) is 6.08 Å². The van der Waals surface area contributed by atoms with Crippen molar-refractivity contribution in [2.24, 2.45) is 0 Å². The minimum absolute atomic E-state index is 0.105. The average molecular weight is 213 g/mol. The number of allylic oxidation sites excluding steroid dienone is 2. The molecule has 0 saturated heterocycles. The predicted octanol–water partition coefficient (Wildman–Crippen LogP) is 1.78. The van der Waals surface area contributed by atoms with Crippen LogP contribution in [0.15, 0.2) is 48.1 Å². The average Bonchev–Trinajstić information content (AvgIpc) is 2.45. The fraction of sp³-hybridized carbons (Fsp3) is 0.0833. The van der Waals surface area contributed by atoms with Crippen molar-refractivity contribution in [2.75, 3.05) is 5.32 Å². The topological polar surface area (TPSA) is 57.2 Å². The van der Waals surface area contributed by atoms with E-state index in [-0.39, 0.29) is 11.9 Å². The summed E-state index contributed by atoms with van der Waals surface area (Å²) in [5.41, 5.74) is 2.67. The summed E-state index contributed by atoms with van der Waals surface area (Å²) in [4.78, 5) is 4.06. The van der Waals surface area contributed by atoms with Gasteiger partial charge in [-0.3, -0.25) is 4.98 Å². The minimum atomic E-state index is -0.105. The summed E-state index contributed by atoms with van der Waals surface area (Å²) in [6, 6.07) is 1.86. The molecule has 2 aliphatic rings. The van der Waals surface area contributed by atoms with Crippen LogP contribution in [0, 0.1) is 0 Å². The highest BCUT2D eigenvalue weighted by atomic mass is 16.3. The largest absolute Gasteiger partial charge is 0.507 e. The van der Waals surface area contributed by atoms with Crippen LogP contribution < -0.4 is 10.6 Å². The van der Waals surface area contributed by atoms with Crippen molar-refractivity contribution >= 4 is 11.8 Å². The van der Waals surface area contributed by atoms with E-state index < -0.39 is 0 Å². The Bertz CT molecular complexity index is 517. The second-order valence-corrected chi connectivity index (χ2v) is 3.72. The Labute approximate surface area is 93.0 Å². The van der Waals surface area contributed by atoms with Crippen molar-refractivity contribution in [3.05, 3.63) is 53.7 Å². The first-order valence-corrected chi connectivity index (χ1v) is 5.09. The van der Waals surface area contributed by atoms with Gasteiger partial charge in [0, 0.05) is 17.3 Å². The third-order valence-corrected chi connectivity index (χ3v) is 2.69. The number of hydrogen-bond donors (Lipinski definition) is 3. The molecule has 80 valence electrons. The lowest BCUT2D eigenvalue weighted by Crippen LogP contribution is -2.36. The molecule has 0 aliphatic carbocycles. The Hall–Kier alpha value is -2.23. The molecule has 3 rings (SSSR count). The van der Waals surface area contributed by atoms with Gasteiger partial charge in [-0.1, -0.05) is 0 Å². The SMILES string of the molecule is OC1=Cc2ccncc2NC2NC=CC=C12. The number of aromatic nitrogens is 1. The smallest absolute Gasteiger partial charge is 0.126 e. The molecule has 16 heavy (non-hydrogen) atoms. The van der Waals surface area contributed by atoms with Crippen LogP contribution in [0.2, 0.25) is 0 Å². The fourth-order valence-corrected chi connectivity index (χ4v) is 1.88. The summed E-state index contributed by atoms with van der Waals surface area (Å²) in [5.74, 6) is 0.277. The van der Waals surface area contributed by atoms with Gasteiger partial charge in [0.2, 0.25) is 0 Å². The van der Waals surface area contributed by atoms with Gasteiger partial charge in [0.15, 0.2) is 0 Å². The molecule has 4 heteroatoms. The van der Waals surface area contributed by atoms with Crippen molar-refractivity contribution in [2.45, 2.75) is 6.17 Å². The molecular weight excluding hydrogens is 202 g/mol. The Morgan fingerprint density at radius 2 is 2.31 bits per heavy atom. The van der Waals surface area contributed by atoms with Gasteiger partial charge in [-0.15, -0.1) is 0 Å². The zero-order valence-corrected chi connectivity index (χ0v) is 8.51. The number of anilines is 1. The van der Waals surface area contributed by atoms with Crippen LogP contribution in [0.1, 0.15) is 5.56 Å². The highest BCUT2D eigenvalue weighted by Crippen LogP contribution is 2.27. The molecule has 1 aromatic heterocycles. The molecule has 1 unspecified atom stereocenters. The van der Waals surface area contributed by atoms with Gasteiger partial charge in [0.25, 0.3) is 0 Å². The number of aliphatic hydroxyl groups is 1. The number of rotatable bonds is 0. The molecule has 1 aromatic rings. The Morgan fingerprint density at radius 1 is 1.38 bits per heavy atom. The number of pyridine rings is 1. The summed E-state index contributed by atoms with van der Waals surface area (Å²) in [5, 5.41) is 16.4. The molecule has 2 aliphatic heterocycles. The van der Waals surface area contributed by atoms with Crippen molar-refractivity contribution in [1.29, 1.82) is 0 Å². The minimum Gasteiger partial charge on any atom is -0.507 e. The number of fused-ring (bicyclic) bond motifs is 2. The highest BCUT2D eigenvalue weighted by molar-refractivity contribution is 5.72. The summed E-state index contributed by atoms with van der Waals surface area (Å²) in [6.45, 7) is 0. The third kappa shape index (κ3) is 1.35. The van der Waals surface area contributed by atoms with Gasteiger partial charge in [0.05, 0.1) is 11.9 Å². The summed E-state index contributed by atoms with van der Waals surface area (Å²) >= 11 is 0. The maximum absolute atomic E-state index is 9.99. The molecule has 0 radical (unpaired) electrons. The zero-order valence-electron chi connectivity index (χ0n) is 8.51. The first kappa shape index (κ1) is 9.03. The summed E-state index contributed by atoms with van der Waals surface area (Å²) in [7, 11) is 0. The lowest BCUT2D eigenvalue weighted by atomic mass is 10.1. The van der Waals surface area contributed by atoms with Crippen LogP contribution in [0.4, 0.5) is 5.69 Å². The van der Waals surface area contributed by atoms with Crippen LogP contribution >= 0.6 is 0 Å². The number of dihydropyridines is 1. The van der Waals surface area contributed by atoms with Crippen LogP contribution in [-0.2, 0) is 0 Å². The molecule has 3 N–H and O–H groups in total. The van der Waals surface area contributed by atoms with Crippen LogP contribution in [-0.4, -0.2) is 16.3 Å². The zero-order chi connectivity index (χ0) is 11.0. The van der Waals surface area contributed by atoms with Gasteiger partial charge in [-0.05, 0) is 30.5 Å². The first-order chi connectivity index (χ1) is 7.84. The van der Waals surface area contributed by atoms with E-state index in [0.29, 0.717) is 0 Å². The van der Waals surface area contributed by atoms with E-state index >= 15 is 0 Å². The maximum Gasteiger partial charge on any atom is 0.126 e. The molecule has 0 fully saturated rings. The number of nitrogens with one attached hydrogen (secondary N) is 2. The summed E-state index contributed by atoms with van der Waals surface area (Å²) in [6.07, 6.45) is 10.7. The predicted molar refractivity (Wildman–Crippen MR) is 62.6 cm³/mol.